The van der Waals surface area contributed by atoms with Gasteiger partial charge in [-0.05, 0) is 27.7 Å². The molecule has 2 N–H and O–H groups in total. The van der Waals surface area contributed by atoms with E-state index in [2.05, 4.69) is 20.8 Å². The van der Waals surface area contributed by atoms with Crippen molar-refractivity contribution < 1.29 is 9.59 Å². The highest BCUT2D eigenvalue weighted by molar-refractivity contribution is 8.04. The fraction of sp³-hybridized carbons (Fsp3) is 0.667. The SMILES string of the molecule is CCNC(=O)C(C)Sc1nnc(SC(C)C(=O)NCC)s1. The van der Waals surface area contributed by atoms with E-state index in [4.69, 9.17) is 0 Å². The number of nitrogens with zero attached hydrogens (tertiary/aromatic N) is 2. The second kappa shape index (κ2) is 9.26. The van der Waals surface area contributed by atoms with Crippen LogP contribution < -0.4 is 10.6 Å². The van der Waals surface area contributed by atoms with Gasteiger partial charge in [-0.1, -0.05) is 34.9 Å². The van der Waals surface area contributed by atoms with Crippen LogP contribution in [0.3, 0.4) is 0 Å². The summed E-state index contributed by atoms with van der Waals surface area (Å²) in [6.07, 6.45) is 0. The van der Waals surface area contributed by atoms with Crippen molar-refractivity contribution in [2.45, 2.75) is 46.9 Å². The van der Waals surface area contributed by atoms with Gasteiger partial charge in [0.2, 0.25) is 11.8 Å². The zero-order valence-electron chi connectivity index (χ0n) is 12.5. The molecule has 1 aromatic heterocycles. The van der Waals surface area contributed by atoms with Crippen molar-refractivity contribution in [1.82, 2.24) is 20.8 Å². The number of carbonyl (C=O) groups excluding carboxylic acids is 2. The van der Waals surface area contributed by atoms with Gasteiger partial charge in [0, 0.05) is 13.1 Å². The summed E-state index contributed by atoms with van der Waals surface area (Å²) in [6, 6.07) is 0. The van der Waals surface area contributed by atoms with Crippen LogP contribution in [0, 0.1) is 0 Å². The molecule has 21 heavy (non-hydrogen) atoms. The monoisotopic (exact) mass is 348 g/mol. The minimum Gasteiger partial charge on any atom is -0.355 e. The summed E-state index contributed by atoms with van der Waals surface area (Å²) in [4.78, 5) is 23.3. The molecule has 1 rings (SSSR count). The van der Waals surface area contributed by atoms with Crippen LogP contribution in [0.5, 0.6) is 0 Å². The summed E-state index contributed by atoms with van der Waals surface area (Å²) in [5.74, 6) is -0.0230. The second-order valence-electron chi connectivity index (χ2n) is 4.14. The molecule has 2 amide bonds. The van der Waals surface area contributed by atoms with Crippen LogP contribution in [0.1, 0.15) is 27.7 Å². The molecule has 0 saturated carbocycles. The number of nitrogens with one attached hydrogen (secondary N) is 2. The molecule has 6 nitrogen and oxygen atoms in total. The summed E-state index contributed by atoms with van der Waals surface area (Å²) < 4.78 is 1.47. The van der Waals surface area contributed by atoms with E-state index in [1.807, 2.05) is 27.7 Å². The minimum absolute atomic E-state index is 0.0115. The lowest BCUT2D eigenvalue weighted by Crippen LogP contribution is -2.30. The highest BCUT2D eigenvalue weighted by atomic mass is 32.2. The van der Waals surface area contributed by atoms with Gasteiger partial charge in [-0.25, -0.2) is 0 Å². The molecular formula is C12H20N4O2S3. The summed E-state index contributed by atoms with van der Waals surface area (Å²) in [5, 5.41) is 13.2. The van der Waals surface area contributed by atoms with Gasteiger partial charge in [-0.3, -0.25) is 9.59 Å². The predicted molar refractivity (Wildman–Crippen MR) is 87.9 cm³/mol. The predicted octanol–water partition coefficient (Wildman–Crippen LogP) is 1.77. The van der Waals surface area contributed by atoms with Gasteiger partial charge < -0.3 is 10.6 Å². The number of thioether (sulfide) groups is 2. The third kappa shape index (κ3) is 6.23. The molecule has 0 fully saturated rings. The van der Waals surface area contributed by atoms with E-state index in [0.717, 1.165) is 8.68 Å². The van der Waals surface area contributed by atoms with E-state index in [0.29, 0.717) is 13.1 Å². The Bertz CT molecular complexity index is 440. The molecule has 2 atom stereocenters. The van der Waals surface area contributed by atoms with E-state index in [-0.39, 0.29) is 22.3 Å². The first kappa shape index (κ1) is 18.2. The second-order valence-corrected chi connectivity index (χ2v) is 8.30. The van der Waals surface area contributed by atoms with Gasteiger partial charge >= 0.3 is 0 Å². The molecule has 0 aliphatic heterocycles. The van der Waals surface area contributed by atoms with Crippen molar-refractivity contribution >= 4 is 46.7 Å². The van der Waals surface area contributed by atoms with Crippen LogP contribution in [0.15, 0.2) is 8.68 Å². The quantitative estimate of drug-likeness (QED) is 0.697. The molecule has 0 spiro atoms. The molecule has 2 unspecified atom stereocenters. The number of carbonyl (C=O) groups is 2. The van der Waals surface area contributed by atoms with E-state index in [1.54, 1.807) is 0 Å². The van der Waals surface area contributed by atoms with Crippen LogP contribution in [0.4, 0.5) is 0 Å². The molecule has 0 bridgehead atoms. The number of amides is 2. The van der Waals surface area contributed by atoms with Crippen molar-refractivity contribution in [3.8, 4) is 0 Å². The summed E-state index contributed by atoms with van der Waals surface area (Å²) >= 11 is 4.16. The van der Waals surface area contributed by atoms with Gasteiger partial charge in [0.15, 0.2) is 8.68 Å². The fourth-order valence-corrected chi connectivity index (χ4v) is 4.69. The van der Waals surface area contributed by atoms with Crippen molar-refractivity contribution in [3.05, 3.63) is 0 Å². The molecule has 0 radical (unpaired) electrons. The zero-order chi connectivity index (χ0) is 15.8. The summed E-state index contributed by atoms with van der Waals surface area (Å²) in [6.45, 7) is 8.67. The smallest absolute Gasteiger partial charge is 0.233 e. The van der Waals surface area contributed by atoms with Crippen molar-refractivity contribution in [2.75, 3.05) is 13.1 Å². The Balaban J connectivity index is 2.53. The normalized spacial score (nSPS) is 13.5. The molecule has 1 heterocycles. The average Bonchev–Trinajstić information content (AvgIpc) is 2.86. The topological polar surface area (TPSA) is 84.0 Å². The number of rotatable bonds is 8. The Labute approximate surface area is 137 Å². The molecule has 0 saturated heterocycles. The van der Waals surface area contributed by atoms with Gasteiger partial charge in [-0.2, -0.15) is 0 Å². The van der Waals surface area contributed by atoms with Gasteiger partial charge in [-0.15, -0.1) is 10.2 Å². The van der Waals surface area contributed by atoms with Crippen molar-refractivity contribution in [3.63, 3.8) is 0 Å². The lowest BCUT2D eigenvalue weighted by molar-refractivity contribution is -0.121. The Morgan fingerprint density at radius 2 is 1.38 bits per heavy atom. The molecule has 0 aromatic carbocycles. The van der Waals surface area contributed by atoms with E-state index < -0.39 is 0 Å². The van der Waals surface area contributed by atoms with Gasteiger partial charge in [0.1, 0.15) is 0 Å². The lowest BCUT2D eigenvalue weighted by atomic mass is 10.4. The molecule has 1 aromatic rings. The number of aromatic nitrogens is 2. The van der Waals surface area contributed by atoms with Crippen LogP contribution in [-0.4, -0.2) is 45.6 Å². The Morgan fingerprint density at radius 3 is 1.71 bits per heavy atom. The fourth-order valence-electron chi connectivity index (χ4n) is 1.34. The maximum atomic E-state index is 11.7. The number of hydrogen-bond acceptors (Lipinski definition) is 7. The third-order valence-electron chi connectivity index (χ3n) is 2.38. The standard InChI is InChI=1S/C12H20N4O2S3/c1-5-13-9(17)7(3)19-11-15-16-12(21-11)20-8(4)10(18)14-6-2/h7-8H,5-6H2,1-4H3,(H,13,17)(H,14,18). The highest BCUT2D eigenvalue weighted by Crippen LogP contribution is 2.33. The van der Waals surface area contributed by atoms with Crippen LogP contribution >= 0.6 is 34.9 Å². The van der Waals surface area contributed by atoms with E-state index in [1.165, 1.54) is 34.9 Å². The van der Waals surface area contributed by atoms with Crippen LogP contribution in [0.25, 0.3) is 0 Å². The third-order valence-corrected chi connectivity index (χ3v) is 5.68. The molecule has 0 aliphatic carbocycles. The van der Waals surface area contributed by atoms with Gasteiger partial charge in [0.05, 0.1) is 10.5 Å². The molecule has 9 heteroatoms. The lowest BCUT2D eigenvalue weighted by Gasteiger charge is -2.08. The average molecular weight is 349 g/mol. The first-order chi connectivity index (χ1) is 9.97. The zero-order valence-corrected chi connectivity index (χ0v) is 15.0. The summed E-state index contributed by atoms with van der Waals surface area (Å²) in [7, 11) is 0. The Morgan fingerprint density at radius 1 is 1.00 bits per heavy atom. The Kier molecular flexibility index (Phi) is 8.05. The van der Waals surface area contributed by atoms with E-state index >= 15 is 0 Å². The largest absolute Gasteiger partial charge is 0.355 e. The molecule has 0 aliphatic rings. The van der Waals surface area contributed by atoms with E-state index in [9.17, 15) is 9.59 Å². The first-order valence-corrected chi connectivity index (χ1v) is 9.27. The maximum absolute atomic E-state index is 11.7. The van der Waals surface area contributed by atoms with Crippen molar-refractivity contribution in [1.29, 1.82) is 0 Å². The first-order valence-electron chi connectivity index (χ1n) is 6.70. The van der Waals surface area contributed by atoms with Crippen LogP contribution in [-0.2, 0) is 9.59 Å². The van der Waals surface area contributed by atoms with Crippen LogP contribution in [0.2, 0.25) is 0 Å². The van der Waals surface area contributed by atoms with Crippen molar-refractivity contribution in [2.24, 2.45) is 0 Å². The van der Waals surface area contributed by atoms with Gasteiger partial charge in [0.25, 0.3) is 0 Å². The summed E-state index contributed by atoms with van der Waals surface area (Å²) in [5.41, 5.74) is 0. The Hall–Kier alpha value is -0.800. The molecule has 118 valence electrons. The minimum atomic E-state index is -0.212. The maximum Gasteiger partial charge on any atom is 0.233 e. The molecular weight excluding hydrogens is 328 g/mol. The highest BCUT2D eigenvalue weighted by Gasteiger charge is 2.19. The number of hydrogen-bond donors (Lipinski definition) is 2.